The lowest BCUT2D eigenvalue weighted by Crippen LogP contribution is -2.47. The lowest BCUT2D eigenvalue weighted by molar-refractivity contribution is -0.0388. The average molecular weight is 371 g/mol. The van der Waals surface area contributed by atoms with Gasteiger partial charge in [-0.15, -0.1) is 0 Å². The second-order valence-corrected chi connectivity index (χ2v) is 7.73. The van der Waals surface area contributed by atoms with E-state index in [4.69, 9.17) is 9.47 Å². The highest BCUT2D eigenvalue weighted by Crippen LogP contribution is 2.37. The standard InChI is InChI=1S/C22H26FNO3/c1-22(25,16-6-8-18(23)9-7-16)17-10-12-24(13-11-17)14-19-15-26-20-4-2-3-5-21(20)27-19/h2-9,17,19,25H,10-15H2,1H3. The first-order chi connectivity index (χ1) is 13.0. The summed E-state index contributed by atoms with van der Waals surface area (Å²) in [6, 6.07) is 14.0. The van der Waals surface area contributed by atoms with E-state index in [9.17, 15) is 9.50 Å². The van der Waals surface area contributed by atoms with E-state index in [0.29, 0.717) is 6.61 Å². The zero-order valence-corrected chi connectivity index (χ0v) is 15.6. The van der Waals surface area contributed by atoms with Crippen LogP contribution in [0.3, 0.4) is 0 Å². The summed E-state index contributed by atoms with van der Waals surface area (Å²) >= 11 is 0. The minimum Gasteiger partial charge on any atom is -0.486 e. The van der Waals surface area contributed by atoms with Crippen molar-refractivity contribution in [1.29, 1.82) is 0 Å². The molecule has 2 heterocycles. The SMILES string of the molecule is CC(O)(c1ccc(F)cc1)C1CCN(CC2COc3ccccc3O2)CC1. The van der Waals surface area contributed by atoms with Crippen LogP contribution in [0.15, 0.2) is 48.5 Å². The average Bonchev–Trinajstić information content (AvgIpc) is 2.69. The van der Waals surface area contributed by atoms with Crippen molar-refractivity contribution in [2.24, 2.45) is 5.92 Å². The summed E-state index contributed by atoms with van der Waals surface area (Å²) in [7, 11) is 0. The van der Waals surface area contributed by atoms with Crippen LogP contribution in [0.1, 0.15) is 25.3 Å². The minimum atomic E-state index is -0.941. The van der Waals surface area contributed by atoms with Crippen molar-refractivity contribution in [1.82, 2.24) is 4.90 Å². The number of hydrogen-bond acceptors (Lipinski definition) is 4. The molecule has 0 saturated carbocycles. The van der Waals surface area contributed by atoms with Gasteiger partial charge in [-0.2, -0.15) is 0 Å². The van der Waals surface area contributed by atoms with E-state index in [-0.39, 0.29) is 17.8 Å². The number of hydrogen-bond donors (Lipinski definition) is 1. The maximum Gasteiger partial charge on any atom is 0.161 e. The Hall–Kier alpha value is -2.11. The number of likely N-dealkylation sites (tertiary alicyclic amines) is 1. The van der Waals surface area contributed by atoms with Gasteiger partial charge in [0, 0.05) is 6.54 Å². The highest BCUT2D eigenvalue weighted by atomic mass is 19.1. The molecule has 1 N–H and O–H groups in total. The number of piperidine rings is 1. The molecule has 0 spiro atoms. The van der Waals surface area contributed by atoms with Gasteiger partial charge in [-0.3, -0.25) is 4.90 Å². The fourth-order valence-corrected chi connectivity index (χ4v) is 4.14. The molecule has 4 rings (SSSR count). The molecule has 0 aliphatic carbocycles. The van der Waals surface area contributed by atoms with Crippen molar-refractivity contribution in [3.8, 4) is 11.5 Å². The smallest absolute Gasteiger partial charge is 0.161 e. The molecule has 2 unspecified atom stereocenters. The summed E-state index contributed by atoms with van der Waals surface area (Å²) in [6.07, 6.45) is 1.82. The molecule has 1 saturated heterocycles. The number of fused-ring (bicyclic) bond motifs is 1. The summed E-state index contributed by atoms with van der Waals surface area (Å²) < 4.78 is 25.0. The van der Waals surface area contributed by atoms with Crippen LogP contribution < -0.4 is 9.47 Å². The monoisotopic (exact) mass is 371 g/mol. The second kappa shape index (κ2) is 7.49. The predicted octanol–water partition coefficient (Wildman–Crippen LogP) is 3.59. The zero-order valence-electron chi connectivity index (χ0n) is 15.6. The molecule has 2 atom stereocenters. The van der Waals surface area contributed by atoms with Crippen LogP contribution in [0.25, 0.3) is 0 Å². The molecule has 2 aromatic rings. The highest BCUT2D eigenvalue weighted by Gasteiger charge is 2.36. The topological polar surface area (TPSA) is 41.9 Å². The molecule has 27 heavy (non-hydrogen) atoms. The summed E-state index contributed by atoms with van der Waals surface area (Å²) in [5, 5.41) is 11.0. The molecule has 0 bridgehead atoms. The summed E-state index contributed by atoms with van der Waals surface area (Å²) in [5.41, 5.74) is -0.161. The maximum atomic E-state index is 13.2. The third kappa shape index (κ3) is 3.94. The zero-order chi connectivity index (χ0) is 18.9. The molecule has 2 aliphatic rings. The first-order valence-corrected chi connectivity index (χ1v) is 9.61. The Balaban J connectivity index is 1.32. The van der Waals surface area contributed by atoms with E-state index in [1.807, 2.05) is 31.2 Å². The summed E-state index contributed by atoms with van der Waals surface area (Å²) in [4.78, 5) is 2.37. The van der Waals surface area contributed by atoms with Gasteiger partial charge < -0.3 is 14.6 Å². The van der Waals surface area contributed by atoms with E-state index in [0.717, 1.165) is 49.5 Å². The molecule has 1 fully saturated rings. The molecule has 144 valence electrons. The number of aliphatic hydroxyl groups is 1. The van der Waals surface area contributed by atoms with Crippen LogP contribution in [0.5, 0.6) is 11.5 Å². The van der Waals surface area contributed by atoms with Crippen LogP contribution in [0.4, 0.5) is 4.39 Å². The van der Waals surface area contributed by atoms with Crippen molar-refractivity contribution in [2.75, 3.05) is 26.2 Å². The van der Waals surface area contributed by atoms with Crippen molar-refractivity contribution in [3.05, 3.63) is 59.9 Å². The Morgan fingerprint density at radius 2 is 1.74 bits per heavy atom. The quantitative estimate of drug-likeness (QED) is 0.892. The van der Waals surface area contributed by atoms with Gasteiger partial charge in [0.05, 0.1) is 5.60 Å². The van der Waals surface area contributed by atoms with Gasteiger partial charge in [-0.05, 0) is 68.6 Å². The van der Waals surface area contributed by atoms with E-state index >= 15 is 0 Å². The molecule has 2 aromatic carbocycles. The van der Waals surface area contributed by atoms with E-state index in [2.05, 4.69) is 4.90 Å². The Kier molecular flexibility index (Phi) is 5.06. The number of para-hydroxylation sites is 2. The molecule has 4 nitrogen and oxygen atoms in total. The van der Waals surface area contributed by atoms with Crippen LogP contribution in [-0.2, 0) is 5.60 Å². The maximum absolute atomic E-state index is 13.2. The second-order valence-electron chi connectivity index (χ2n) is 7.73. The van der Waals surface area contributed by atoms with Crippen LogP contribution in [0.2, 0.25) is 0 Å². The normalized spacial score (nSPS) is 23.0. The Morgan fingerprint density at radius 1 is 1.07 bits per heavy atom. The number of rotatable bonds is 4. The molecule has 0 aromatic heterocycles. The third-order valence-corrected chi connectivity index (χ3v) is 5.84. The lowest BCUT2D eigenvalue weighted by Gasteiger charge is -2.41. The Morgan fingerprint density at radius 3 is 2.44 bits per heavy atom. The van der Waals surface area contributed by atoms with E-state index < -0.39 is 5.60 Å². The summed E-state index contributed by atoms with van der Waals surface area (Å²) in [6.45, 7) is 5.03. The Labute approximate surface area is 159 Å². The van der Waals surface area contributed by atoms with Gasteiger partial charge in [-0.1, -0.05) is 24.3 Å². The van der Waals surface area contributed by atoms with Crippen molar-refractivity contribution in [2.45, 2.75) is 31.5 Å². The Bertz CT molecular complexity index is 769. The van der Waals surface area contributed by atoms with Gasteiger partial charge in [0.2, 0.25) is 0 Å². The van der Waals surface area contributed by atoms with Crippen molar-refractivity contribution < 1.29 is 19.0 Å². The largest absolute Gasteiger partial charge is 0.486 e. The van der Waals surface area contributed by atoms with Crippen LogP contribution in [0, 0.1) is 11.7 Å². The van der Waals surface area contributed by atoms with E-state index in [1.54, 1.807) is 12.1 Å². The number of ether oxygens (including phenoxy) is 2. The van der Waals surface area contributed by atoms with E-state index in [1.165, 1.54) is 12.1 Å². The fourth-order valence-electron chi connectivity index (χ4n) is 4.14. The minimum absolute atomic E-state index is 0.0223. The van der Waals surface area contributed by atoms with Gasteiger partial charge in [0.1, 0.15) is 18.5 Å². The number of benzene rings is 2. The van der Waals surface area contributed by atoms with Gasteiger partial charge in [0.25, 0.3) is 0 Å². The molecule has 0 radical (unpaired) electrons. The molecule has 2 aliphatic heterocycles. The third-order valence-electron chi connectivity index (χ3n) is 5.84. The molecular weight excluding hydrogens is 345 g/mol. The van der Waals surface area contributed by atoms with Crippen LogP contribution in [-0.4, -0.2) is 42.4 Å². The first-order valence-electron chi connectivity index (χ1n) is 9.61. The molecular formula is C22H26FNO3. The molecule has 5 heteroatoms. The number of nitrogens with zero attached hydrogens (tertiary/aromatic N) is 1. The van der Waals surface area contributed by atoms with Crippen molar-refractivity contribution >= 4 is 0 Å². The summed E-state index contributed by atoms with van der Waals surface area (Å²) in [5.74, 6) is 1.50. The molecule has 0 amide bonds. The highest BCUT2D eigenvalue weighted by molar-refractivity contribution is 5.40. The van der Waals surface area contributed by atoms with Gasteiger partial charge in [-0.25, -0.2) is 4.39 Å². The lowest BCUT2D eigenvalue weighted by atomic mass is 9.77. The number of halogens is 1. The van der Waals surface area contributed by atoms with Gasteiger partial charge in [0.15, 0.2) is 11.5 Å². The first kappa shape index (κ1) is 18.3. The fraction of sp³-hybridized carbons (Fsp3) is 0.455. The van der Waals surface area contributed by atoms with Crippen LogP contribution >= 0.6 is 0 Å². The van der Waals surface area contributed by atoms with Gasteiger partial charge >= 0.3 is 0 Å². The van der Waals surface area contributed by atoms with Crippen molar-refractivity contribution in [3.63, 3.8) is 0 Å². The predicted molar refractivity (Wildman–Crippen MR) is 101 cm³/mol.